The first-order valence-electron chi connectivity index (χ1n) is 12.4. The largest absolute Gasteiger partial charge is 0.573 e. The van der Waals surface area contributed by atoms with E-state index in [2.05, 4.69) is 42.4 Å². The number of likely N-dealkylation sites (N-methyl/N-ethyl adjacent to an activating group) is 1. The Morgan fingerprint density at radius 2 is 1.68 bits per heavy atom. The van der Waals surface area contributed by atoms with Crippen molar-refractivity contribution in [3.05, 3.63) is 47.8 Å². The number of benzene rings is 1. The summed E-state index contributed by atoms with van der Waals surface area (Å²) in [6, 6.07) is 5.37. The van der Waals surface area contributed by atoms with Gasteiger partial charge in [0.15, 0.2) is 11.6 Å². The molecule has 38 heavy (non-hydrogen) atoms. The molecule has 1 saturated carbocycles. The van der Waals surface area contributed by atoms with Crippen LogP contribution in [0.4, 0.5) is 26.3 Å². The predicted molar refractivity (Wildman–Crippen MR) is 137 cm³/mol. The van der Waals surface area contributed by atoms with Crippen molar-refractivity contribution in [3.8, 4) is 5.75 Å². The van der Waals surface area contributed by atoms with E-state index in [9.17, 15) is 31.1 Å². The van der Waals surface area contributed by atoms with Gasteiger partial charge in [-0.05, 0) is 55.5 Å². The first-order valence-corrected chi connectivity index (χ1v) is 12.4. The fourth-order valence-electron chi connectivity index (χ4n) is 3.80. The van der Waals surface area contributed by atoms with Gasteiger partial charge in [0.25, 0.3) is 0 Å². The lowest BCUT2D eigenvalue weighted by molar-refractivity contribution is -0.274. The van der Waals surface area contributed by atoms with Gasteiger partial charge in [0.05, 0.1) is 0 Å². The minimum Gasteiger partial charge on any atom is -0.406 e. The van der Waals surface area contributed by atoms with Gasteiger partial charge in [-0.25, -0.2) is 9.38 Å². The Hall–Kier alpha value is -2.98. The van der Waals surface area contributed by atoms with Crippen molar-refractivity contribution in [2.75, 3.05) is 7.05 Å². The summed E-state index contributed by atoms with van der Waals surface area (Å²) >= 11 is 0. The van der Waals surface area contributed by atoms with Gasteiger partial charge in [0.1, 0.15) is 17.8 Å². The third kappa shape index (κ3) is 10.1. The number of nitrogens with one attached hydrogen (secondary N) is 1. The second-order valence-corrected chi connectivity index (χ2v) is 9.18. The number of allylic oxidation sites excluding steroid dienone is 1. The monoisotopic (exact) mass is 549 g/mol. The van der Waals surface area contributed by atoms with Gasteiger partial charge in [-0.15, -0.1) is 13.2 Å². The number of aliphatic imine (C=N–C) groups is 1. The van der Waals surface area contributed by atoms with Crippen LogP contribution in [0.3, 0.4) is 0 Å². The average Bonchev–Trinajstić information content (AvgIpc) is 2.79. The molecule has 214 valence electrons. The average molecular weight is 550 g/mol. The third-order valence-corrected chi connectivity index (χ3v) is 5.95. The minimum absolute atomic E-state index is 0.189. The summed E-state index contributed by atoms with van der Waals surface area (Å²) in [7, 11) is 1.28. The van der Waals surface area contributed by atoms with E-state index in [0.717, 1.165) is 31.1 Å². The molecule has 1 N–H and O–H groups in total. The molecule has 1 atom stereocenters. The lowest BCUT2D eigenvalue weighted by Gasteiger charge is -2.42. The minimum atomic E-state index is -4.77. The lowest BCUT2D eigenvalue weighted by Crippen LogP contribution is -2.47. The third-order valence-electron chi connectivity index (χ3n) is 5.95. The summed E-state index contributed by atoms with van der Waals surface area (Å²) in [4.78, 5) is 15.0. The van der Waals surface area contributed by atoms with Crippen LogP contribution >= 0.6 is 0 Å². The van der Waals surface area contributed by atoms with Crippen LogP contribution in [0.2, 0.25) is 0 Å². The van der Waals surface area contributed by atoms with Crippen LogP contribution in [-0.2, 0) is 4.79 Å². The number of amidine groups is 1. The number of alkyl halides is 5. The number of ether oxygens (including phenoxy) is 1. The molecule has 1 aliphatic heterocycles. The molecular weight excluding hydrogens is 512 g/mol. The van der Waals surface area contributed by atoms with Crippen LogP contribution in [0.25, 0.3) is 5.70 Å². The molecule has 1 aliphatic carbocycles. The molecule has 1 fully saturated rings. The second kappa shape index (κ2) is 14.8. The number of ketones is 1. The molecule has 3 rings (SSSR count). The number of nitrogens with zero attached hydrogens (tertiary/aromatic N) is 2. The van der Waals surface area contributed by atoms with Crippen LogP contribution in [0.5, 0.6) is 5.75 Å². The zero-order valence-corrected chi connectivity index (χ0v) is 22.6. The normalized spacial score (nSPS) is 20.6. The van der Waals surface area contributed by atoms with Gasteiger partial charge in [0.2, 0.25) is 0 Å². The highest BCUT2D eigenvalue weighted by molar-refractivity contribution is 6.05. The first-order chi connectivity index (χ1) is 17.6. The highest BCUT2D eigenvalue weighted by Gasteiger charge is 2.38. The van der Waals surface area contributed by atoms with Crippen LogP contribution < -0.4 is 10.1 Å². The highest BCUT2D eigenvalue weighted by Crippen LogP contribution is 2.40. The van der Waals surface area contributed by atoms with Crippen molar-refractivity contribution < 1.29 is 35.9 Å². The predicted octanol–water partition coefficient (Wildman–Crippen LogP) is 7.71. The maximum absolute atomic E-state index is 13.3. The van der Waals surface area contributed by atoms with E-state index in [1.54, 1.807) is 6.92 Å². The summed E-state index contributed by atoms with van der Waals surface area (Å²) in [5.41, 5.74) is 1.69. The van der Waals surface area contributed by atoms with Crippen molar-refractivity contribution in [1.29, 1.82) is 0 Å². The fraction of sp³-hybridized carbons (Fsp3) is 0.556. The Kier molecular flexibility index (Phi) is 12.9. The molecule has 0 aromatic heterocycles. The van der Waals surface area contributed by atoms with E-state index in [-0.39, 0.29) is 23.7 Å². The van der Waals surface area contributed by atoms with Gasteiger partial charge in [-0.1, -0.05) is 40.2 Å². The van der Waals surface area contributed by atoms with E-state index in [0.29, 0.717) is 22.8 Å². The van der Waals surface area contributed by atoms with Crippen LogP contribution in [0.15, 0.2) is 47.2 Å². The molecule has 0 bridgehead atoms. The van der Waals surface area contributed by atoms with Crippen molar-refractivity contribution in [1.82, 2.24) is 10.2 Å². The summed E-state index contributed by atoms with van der Waals surface area (Å²) in [5, 5.41) is 3.32. The van der Waals surface area contributed by atoms with Crippen LogP contribution in [0, 0.1) is 11.8 Å². The number of rotatable bonds is 6. The Bertz CT molecular complexity index is 972. The summed E-state index contributed by atoms with van der Waals surface area (Å²) in [5.74, 6) is -0.783. The molecule has 0 radical (unpaired) electrons. The second-order valence-electron chi connectivity index (χ2n) is 9.18. The van der Waals surface area contributed by atoms with Crippen LogP contribution in [-0.4, -0.2) is 42.6 Å². The number of carbonyl (C=O) groups excluding carboxylic acids is 1. The fourth-order valence-corrected chi connectivity index (χ4v) is 3.80. The first kappa shape index (κ1) is 33.0. The molecule has 5 nitrogen and oxygen atoms in total. The number of carbonyl (C=O) groups is 1. The number of halogens is 6. The van der Waals surface area contributed by atoms with E-state index in [1.807, 2.05) is 0 Å². The highest BCUT2D eigenvalue weighted by atomic mass is 19.4. The molecule has 1 unspecified atom stereocenters. The molecule has 1 heterocycles. The topological polar surface area (TPSA) is 53.9 Å². The zero-order valence-electron chi connectivity index (χ0n) is 22.6. The maximum Gasteiger partial charge on any atom is 0.573 e. The van der Waals surface area contributed by atoms with Gasteiger partial charge in [-0.2, -0.15) is 8.78 Å². The van der Waals surface area contributed by atoms with E-state index >= 15 is 0 Å². The van der Waals surface area contributed by atoms with E-state index < -0.39 is 24.5 Å². The zero-order chi connectivity index (χ0) is 29.2. The smallest absolute Gasteiger partial charge is 0.406 e. The van der Waals surface area contributed by atoms with Crippen molar-refractivity contribution in [2.24, 2.45) is 16.8 Å². The van der Waals surface area contributed by atoms with Crippen LogP contribution in [0.1, 0.15) is 65.9 Å². The Labute approximate surface area is 220 Å². The standard InChI is InChI=1S/C20H24F5N3O.C4H5FO.C3H8/c1-4-12-9-14(10-12)17-26-16(11(2)18(27-17)28(3)19(21)22)13-5-7-15(8-6-13)29-20(23,24)25;1-3(5)4(2)6;1-3-2/h5-8,12,14,17,19,26H,4,9-10H2,1-3H3;1H2,2H3;3H2,1-2H3. The van der Waals surface area contributed by atoms with Gasteiger partial charge >= 0.3 is 12.9 Å². The molecule has 0 saturated heterocycles. The number of hydrogen-bond acceptors (Lipinski definition) is 5. The van der Waals surface area contributed by atoms with Crippen molar-refractivity contribution >= 4 is 17.3 Å². The Balaban J connectivity index is 0.000000695. The summed E-state index contributed by atoms with van der Waals surface area (Å²) in [6.07, 6.45) is -0.870. The van der Waals surface area contributed by atoms with Crippen molar-refractivity contribution in [3.63, 3.8) is 0 Å². The van der Waals surface area contributed by atoms with Gasteiger partial charge in [0, 0.05) is 31.2 Å². The SMILES string of the molecule is C=C(F)C(C)=O.CCC.CCC1CC(C2N=C(N(C)C(F)F)C(C)=C(c3ccc(OC(F)(F)F)cc3)N2)C1. The molecule has 2 aliphatic rings. The molecule has 1 aromatic rings. The molecular formula is C27H37F6N3O2. The van der Waals surface area contributed by atoms with Gasteiger partial charge in [-0.3, -0.25) is 4.79 Å². The van der Waals surface area contributed by atoms with E-state index in [1.165, 1.54) is 37.7 Å². The molecule has 11 heteroatoms. The molecule has 0 amide bonds. The molecule has 1 aromatic carbocycles. The molecule has 0 spiro atoms. The Morgan fingerprint density at radius 3 is 2.08 bits per heavy atom. The van der Waals surface area contributed by atoms with Gasteiger partial charge < -0.3 is 15.0 Å². The summed E-state index contributed by atoms with van der Waals surface area (Å²) < 4.78 is 79.0. The quantitative estimate of drug-likeness (QED) is 0.224. The number of hydrogen-bond donors (Lipinski definition) is 1. The maximum atomic E-state index is 13.3. The van der Waals surface area contributed by atoms with Crippen molar-refractivity contribution in [2.45, 2.75) is 79.4 Å². The number of Topliss-reactive ketones (excluding diaryl/α,β-unsaturated/α-hetero) is 1. The Morgan fingerprint density at radius 1 is 1.18 bits per heavy atom. The lowest BCUT2D eigenvalue weighted by atomic mass is 9.71. The van der Waals surface area contributed by atoms with E-state index in [4.69, 9.17) is 0 Å². The summed E-state index contributed by atoms with van der Waals surface area (Å²) in [6.45, 7) is 9.20.